The van der Waals surface area contributed by atoms with Gasteiger partial charge in [-0.3, -0.25) is 9.00 Å². The number of hydrogen-bond donors (Lipinski definition) is 0. The number of Topliss-reactive ketones (excluding diaryl/α,β-unsaturated/α-hetero) is 1. The van der Waals surface area contributed by atoms with E-state index in [9.17, 15) is 9.00 Å². The van der Waals surface area contributed by atoms with E-state index in [1.54, 1.807) is 24.3 Å². The molecule has 0 heterocycles. The molecule has 2 nitrogen and oxygen atoms in total. The SMILES string of the molecule is CS[C@@H](C(=O)c1ccccc1)S(=O)c1ccccc1. The highest BCUT2D eigenvalue weighted by Crippen LogP contribution is 2.22. The zero-order chi connectivity index (χ0) is 13.7. The predicted molar refractivity (Wildman–Crippen MR) is 80.9 cm³/mol. The highest BCUT2D eigenvalue weighted by Gasteiger charge is 2.26. The lowest BCUT2D eigenvalue weighted by Gasteiger charge is -2.13. The Morgan fingerprint density at radius 2 is 1.53 bits per heavy atom. The predicted octanol–water partition coefficient (Wildman–Crippen LogP) is 3.37. The second-order valence-electron chi connectivity index (χ2n) is 3.91. The van der Waals surface area contributed by atoms with E-state index in [2.05, 4.69) is 0 Å². The van der Waals surface area contributed by atoms with Gasteiger partial charge in [0.05, 0.1) is 10.8 Å². The standard InChI is InChI=1S/C15H14O2S2/c1-18-15(14(16)12-8-4-2-5-9-12)19(17)13-10-6-3-7-11-13/h2-11,15H,1H3/t15-,19?/m1/s1. The van der Waals surface area contributed by atoms with Crippen LogP contribution in [0.2, 0.25) is 0 Å². The number of carbonyl (C=O) groups excluding carboxylic acids is 1. The topological polar surface area (TPSA) is 34.1 Å². The van der Waals surface area contributed by atoms with E-state index in [1.165, 1.54) is 11.8 Å². The second-order valence-corrected chi connectivity index (χ2v) is 6.69. The minimum Gasteiger partial charge on any atom is -0.292 e. The summed E-state index contributed by atoms with van der Waals surface area (Å²) in [6.45, 7) is 0. The molecule has 0 saturated heterocycles. The summed E-state index contributed by atoms with van der Waals surface area (Å²) in [4.78, 5) is 13.1. The van der Waals surface area contributed by atoms with E-state index in [1.807, 2.05) is 42.7 Å². The first-order chi connectivity index (χ1) is 9.24. The summed E-state index contributed by atoms with van der Waals surface area (Å²) in [5.74, 6) is -0.0877. The van der Waals surface area contributed by atoms with Crippen molar-refractivity contribution in [1.82, 2.24) is 0 Å². The van der Waals surface area contributed by atoms with Crippen LogP contribution in [-0.4, -0.2) is 20.8 Å². The summed E-state index contributed by atoms with van der Waals surface area (Å²) < 4.78 is 11.9. The Bertz CT molecular complexity index is 516. The largest absolute Gasteiger partial charge is 0.292 e. The lowest BCUT2D eigenvalue weighted by molar-refractivity contribution is 0.101. The van der Waals surface area contributed by atoms with Crippen LogP contribution >= 0.6 is 11.8 Å². The first-order valence-electron chi connectivity index (χ1n) is 5.81. The van der Waals surface area contributed by atoms with Crippen molar-refractivity contribution < 1.29 is 9.00 Å². The third-order valence-corrected chi connectivity index (χ3v) is 5.74. The molecule has 98 valence electrons. The van der Waals surface area contributed by atoms with Gasteiger partial charge < -0.3 is 0 Å². The molecule has 4 heteroatoms. The molecule has 1 unspecified atom stereocenters. The van der Waals surface area contributed by atoms with Crippen LogP contribution in [-0.2, 0) is 10.8 Å². The Hall–Kier alpha value is -1.39. The van der Waals surface area contributed by atoms with Crippen LogP contribution in [0.25, 0.3) is 0 Å². The van der Waals surface area contributed by atoms with Crippen molar-refractivity contribution in [3.63, 3.8) is 0 Å². The lowest BCUT2D eigenvalue weighted by Crippen LogP contribution is -2.22. The Morgan fingerprint density at radius 3 is 2.05 bits per heavy atom. The molecule has 0 aliphatic rings. The summed E-state index contributed by atoms with van der Waals surface area (Å²) in [7, 11) is -1.34. The second kappa shape index (κ2) is 6.68. The summed E-state index contributed by atoms with van der Waals surface area (Å²) in [6.07, 6.45) is 1.81. The van der Waals surface area contributed by atoms with E-state index in [4.69, 9.17) is 0 Å². The van der Waals surface area contributed by atoms with Crippen molar-refractivity contribution in [2.75, 3.05) is 6.26 Å². The van der Waals surface area contributed by atoms with Crippen LogP contribution in [0.4, 0.5) is 0 Å². The fourth-order valence-corrected chi connectivity index (χ4v) is 4.09. The van der Waals surface area contributed by atoms with Gasteiger partial charge >= 0.3 is 0 Å². The van der Waals surface area contributed by atoms with Gasteiger partial charge in [0, 0.05) is 10.5 Å². The van der Waals surface area contributed by atoms with Gasteiger partial charge in [-0.2, -0.15) is 0 Å². The molecule has 0 radical (unpaired) electrons. The molecular formula is C15H14O2S2. The van der Waals surface area contributed by atoms with Crippen molar-refractivity contribution in [3.05, 3.63) is 66.2 Å². The molecule has 0 aromatic heterocycles. The fourth-order valence-electron chi connectivity index (χ4n) is 1.71. The molecule has 0 aliphatic carbocycles. The van der Waals surface area contributed by atoms with Gasteiger partial charge in [-0.15, -0.1) is 11.8 Å². The zero-order valence-electron chi connectivity index (χ0n) is 10.5. The van der Waals surface area contributed by atoms with Gasteiger partial charge in [-0.1, -0.05) is 48.5 Å². The Morgan fingerprint density at radius 1 is 1.00 bits per heavy atom. The quantitative estimate of drug-likeness (QED) is 0.792. The average molecular weight is 290 g/mol. The molecule has 2 aromatic carbocycles. The van der Waals surface area contributed by atoms with Gasteiger partial charge in [-0.25, -0.2) is 0 Å². The third kappa shape index (κ3) is 3.33. The van der Waals surface area contributed by atoms with Crippen LogP contribution < -0.4 is 0 Å². The monoisotopic (exact) mass is 290 g/mol. The maximum atomic E-state index is 12.5. The van der Waals surface area contributed by atoms with E-state index < -0.39 is 15.4 Å². The van der Waals surface area contributed by atoms with Crippen LogP contribution in [0.3, 0.4) is 0 Å². The van der Waals surface area contributed by atoms with E-state index in [0.717, 1.165) is 0 Å². The molecule has 0 amide bonds. The van der Waals surface area contributed by atoms with Crippen molar-refractivity contribution >= 4 is 28.3 Å². The Kier molecular flexibility index (Phi) is 4.93. The van der Waals surface area contributed by atoms with Gasteiger partial charge in [0.2, 0.25) is 0 Å². The Labute approximate surface area is 119 Å². The van der Waals surface area contributed by atoms with Gasteiger partial charge in [0.25, 0.3) is 0 Å². The molecule has 0 aliphatic heterocycles. The number of benzene rings is 2. The van der Waals surface area contributed by atoms with Gasteiger partial charge in [0.15, 0.2) is 5.78 Å². The minimum absolute atomic E-state index is 0.0877. The normalized spacial score (nSPS) is 13.7. The van der Waals surface area contributed by atoms with E-state index in [0.29, 0.717) is 10.5 Å². The van der Waals surface area contributed by atoms with Gasteiger partial charge in [0.1, 0.15) is 4.58 Å². The molecule has 2 aromatic rings. The number of ketones is 1. The summed E-state index contributed by atoms with van der Waals surface area (Å²) in [5.41, 5.74) is 0.603. The van der Waals surface area contributed by atoms with Crippen molar-refractivity contribution in [2.45, 2.75) is 9.48 Å². The molecular weight excluding hydrogens is 276 g/mol. The van der Waals surface area contributed by atoms with Crippen molar-refractivity contribution in [2.24, 2.45) is 0 Å². The molecule has 19 heavy (non-hydrogen) atoms. The van der Waals surface area contributed by atoms with E-state index in [-0.39, 0.29) is 5.78 Å². The zero-order valence-corrected chi connectivity index (χ0v) is 12.1. The van der Waals surface area contributed by atoms with E-state index >= 15 is 0 Å². The highest BCUT2D eigenvalue weighted by molar-refractivity contribution is 8.12. The number of thioether (sulfide) groups is 1. The molecule has 2 atom stereocenters. The van der Waals surface area contributed by atoms with Crippen molar-refractivity contribution in [1.29, 1.82) is 0 Å². The summed E-state index contributed by atoms with van der Waals surface area (Å²) in [5, 5.41) is 0. The smallest absolute Gasteiger partial charge is 0.188 e. The lowest BCUT2D eigenvalue weighted by atomic mass is 10.1. The molecule has 2 rings (SSSR count). The first kappa shape index (κ1) is 14.0. The molecule has 0 spiro atoms. The van der Waals surface area contributed by atoms with Crippen LogP contribution in [0.1, 0.15) is 10.4 Å². The summed E-state index contributed by atoms with van der Waals surface area (Å²) in [6, 6.07) is 18.1. The Balaban J connectivity index is 2.26. The highest BCUT2D eigenvalue weighted by atomic mass is 32.2. The van der Waals surface area contributed by atoms with Gasteiger partial charge in [-0.05, 0) is 18.4 Å². The number of hydrogen-bond acceptors (Lipinski definition) is 3. The van der Waals surface area contributed by atoms with Crippen molar-refractivity contribution in [3.8, 4) is 0 Å². The maximum Gasteiger partial charge on any atom is 0.188 e. The molecule has 0 bridgehead atoms. The van der Waals surface area contributed by atoms with Crippen LogP contribution in [0.5, 0.6) is 0 Å². The third-order valence-electron chi connectivity index (χ3n) is 2.66. The number of carbonyl (C=O) groups is 1. The van der Waals surface area contributed by atoms with Crippen LogP contribution in [0.15, 0.2) is 65.6 Å². The first-order valence-corrected chi connectivity index (χ1v) is 8.32. The fraction of sp³-hybridized carbons (Fsp3) is 0.133. The maximum absolute atomic E-state index is 12.5. The molecule has 0 saturated carbocycles. The summed E-state index contributed by atoms with van der Waals surface area (Å²) >= 11 is 1.33. The van der Waals surface area contributed by atoms with Crippen LogP contribution in [0, 0.1) is 0 Å². The minimum atomic E-state index is -1.34. The average Bonchev–Trinajstić information content (AvgIpc) is 2.49. The number of rotatable bonds is 5. The molecule has 0 N–H and O–H groups in total. The molecule has 0 fully saturated rings.